The Kier molecular flexibility index (Phi) is 10.9. The Labute approximate surface area is 303 Å². The predicted octanol–water partition coefficient (Wildman–Crippen LogP) is 11.8. The number of rotatable bonds is 12. The summed E-state index contributed by atoms with van der Waals surface area (Å²) in [6, 6.07) is 29.6. The number of hydrogen-bond donors (Lipinski definition) is 0. The molecule has 6 rings (SSSR count). The number of hydrogen-bond acceptors (Lipinski definition) is 3. The zero-order valence-electron chi connectivity index (χ0n) is 29.5. The Morgan fingerprint density at radius 3 is 2.49 bits per heavy atom. The summed E-state index contributed by atoms with van der Waals surface area (Å²) in [7, 11) is 0. The number of nitrogens with zero attached hydrogens (tertiary/aromatic N) is 3. The van der Waals surface area contributed by atoms with Crippen LogP contribution < -0.4 is 0 Å². The van der Waals surface area contributed by atoms with Crippen molar-refractivity contribution in [1.29, 1.82) is 0 Å². The van der Waals surface area contributed by atoms with E-state index in [1.165, 1.54) is 27.8 Å². The summed E-state index contributed by atoms with van der Waals surface area (Å²) in [4.78, 5) is 14.0. The normalized spacial score (nSPS) is 17.5. The molecule has 0 radical (unpaired) electrons. The standard InChI is InChI=1S/C48H43N3/c1-6-9-12-20-35(4)48(40-25-19-30-50-34-40)43-28-16-11-15-26-42(43)47-41(27-18-29-44(47)48)39-24-17-21-36(31-39)33-51-46(37(7-2)8-3)32-45(49-5)38-22-13-10-14-23-38/h6-10,12-32,34H,2,4-5,11,33H2,1,3H3/b9-6-,20-12-,37-8+,45-32-,51-46?. The summed E-state index contributed by atoms with van der Waals surface area (Å²) in [5.74, 6) is 0. The van der Waals surface area contributed by atoms with Crippen LogP contribution in [0.2, 0.25) is 0 Å². The van der Waals surface area contributed by atoms with Crippen molar-refractivity contribution < 1.29 is 0 Å². The highest BCUT2D eigenvalue weighted by Crippen LogP contribution is 2.57. The van der Waals surface area contributed by atoms with Gasteiger partial charge >= 0.3 is 0 Å². The fraction of sp³-hybridized carbons (Fsp3) is 0.104. The van der Waals surface area contributed by atoms with Gasteiger partial charge in [-0.05, 0) is 101 Å². The Bertz CT molecular complexity index is 2200. The van der Waals surface area contributed by atoms with Gasteiger partial charge in [-0.2, -0.15) is 0 Å². The summed E-state index contributed by atoms with van der Waals surface area (Å²) < 4.78 is 0. The second-order valence-corrected chi connectivity index (χ2v) is 12.4. The summed E-state index contributed by atoms with van der Waals surface area (Å²) in [6.07, 6.45) is 27.9. The lowest BCUT2D eigenvalue weighted by Crippen LogP contribution is -2.29. The molecule has 250 valence electrons. The van der Waals surface area contributed by atoms with Crippen LogP contribution in [-0.4, -0.2) is 17.4 Å². The van der Waals surface area contributed by atoms with E-state index in [0.29, 0.717) is 6.54 Å². The SMILES string of the molecule is C=C/C(=C\C)C(/C=C(\N=C)c1ccccc1)=NCc1cccc(-c2cccc3c2C2=C(C=CCC=C2)C3(C(=C)/C=C\C=C/C)c2cccnc2)c1. The van der Waals surface area contributed by atoms with Gasteiger partial charge in [0.05, 0.1) is 23.4 Å². The molecule has 0 fully saturated rings. The molecule has 3 nitrogen and oxygen atoms in total. The van der Waals surface area contributed by atoms with Gasteiger partial charge in [0.25, 0.3) is 0 Å². The Balaban J connectivity index is 1.49. The number of pyridine rings is 1. The summed E-state index contributed by atoms with van der Waals surface area (Å²) >= 11 is 0. The van der Waals surface area contributed by atoms with Crippen LogP contribution >= 0.6 is 0 Å². The number of fused-ring (bicyclic) bond motifs is 2. The maximum atomic E-state index is 5.11. The molecule has 0 spiro atoms. The van der Waals surface area contributed by atoms with E-state index in [1.54, 1.807) is 0 Å². The van der Waals surface area contributed by atoms with E-state index in [4.69, 9.17) is 11.6 Å². The Morgan fingerprint density at radius 1 is 0.922 bits per heavy atom. The van der Waals surface area contributed by atoms with Crippen LogP contribution in [0, 0.1) is 0 Å². The summed E-state index contributed by atoms with van der Waals surface area (Å²) in [5.41, 5.74) is 13.2. The first kappa shape index (κ1) is 34.7. The first-order valence-corrected chi connectivity index (χ1v) is 17.3. The molecular formula is C48H43N3. The molecule has 1 aromatic heterocycles. The van der Waals surface area contributed by atoms with E-state index < -0.39 is 5.41 Å². The third-order valence-electron chi connectivity index (χ3n) is 9.46. The van der Waals surface area contributed by atoms with Gasteiger partial charge in [-0.1, -0.05) is 147 Å². The third-order valence-corrected chi connectivity index (χ3v) is 9.46. The lowest BCUT2D eigenvalue weighted by Gasteiger charge is -2.35. The van der Waals surface area contributed by atoms with E-state index in [1.807, 2.05) is 93.0 Å². The highest BCUT2D eigenvalue weighted by molar-refractivity contribution is 6.13. The zero-order chi connectivity index (χ0) is 35.6. The van der Waals surface area contributed by atoms with E-state index in [-0.39, 0.29) is 0 Å². The summed E-state index contributed by atoms with van der Waals surface area (Å²) in [5, 5.41) is 0. The molecule has 51 heavy (non-hydrogen) atoms. The van der Waals surface area contributed by atoms with Crippen molar-refractivity contribution >= 4 is 23.7 Å². The minimum absolute atomic E-state index is 0.488. The van der Waals surface area contributed by atoms with Gasteiger partial charge in [-0.15, -0.1) is 0 Å². The zero-order valence-corrected chi connectivity index (χ0v) is 29.5. The van der Waals surface area contributed by atoms with Crippen LogP contribution in [0.25, 0.3) is 22.4 Å². The summed E-state index contributed by atoms with van der Waals surface area (Å²) in [6.45, 7) is 17.1. The molecule has 3 aromatic carbocycles. The molecule has 4 aromatic rings. The predicted molar refractivity (Wildman–Crippen MR) is 219 cm³/mol. The molecule has 0 N–H and O–H groups in total. The van der Waals surface area contributed by atoms with Crippen LogP contribution in [0.4, 0.5) is 0 Å². The lowest BCUT2D eigenvalue weighted by molar-refractivity contribution is 0.757. The van der Waals surface area contributed by atoms with Crippen molar-refractivity contribution in [3.8, 4) is 11.1 Å². The molecule has 2 aliphatic rings. The largest absolute Gasteiger partial charge is 0.280 e. The number of aliphatic imine (C=N–C) groups is 2. The minimum atomic E-state index is -0.607. The molecule has 0 aliphatic heterocycles. The van der Waals surface area contributed by atoms with Crippen LogP contribution in [0.5, 0.6) is 0 Å². The van der Waals surface area contributed by atoms with Gasteiger partial charge in [0.1, 0.15) is 0 Å². The second-order valence-electron chi connectivity index (χ2n) is 12.4. The van der Waals surface area contributed by atoms with Crippen LogP contribution in [0.15, 0.2) is 204 Å². The van der Waals surface area contributed by atoms with Crippen molar-refractivity contribution in [3.63, 3.8) is 0 Å². The van der Waals surface area contributed by atoms with Gasteiger partial charge in [-0.3, -0.25) is 15.0 Å². The fourth-order valence-electron chi connectivity index (χ4n) is 7.11. The molecule has 3 heteroatoms. The topological polar surface area (TPSA) is 37.6 Å². The monoisotopic (exact) mass is 661 g/mol. The van der Waals surface area contributed by atoms with Gasteiger partial charge in [-0.25, -0.2) is 0 Å². The second kappa shape index (κ2) is 16.0. The van der Waals surface area contributed by atoms with Crippen molar-refractivity contribution in [2.75, 3.05) is 0 Å². The Hall–Kier alpha value is -6.19. The molecule has 0 amide bonds. The Morgan fingerprint density at radius 2 is 1.75 bits per heavy atom. The fourth-order valence-corrected chi connectivity index (χ4v) is 7.11. The highest BCUT2D eigenvalue weighted by atomic mass is 14.8. The molecule has 0 saturated heterocycles. The van der Waals surface area contributed by atoms with Crippen LogP contribution in [-0.2, 0) is 12.0 Å². The van der Waals surface area contributed by atoms with Gasteiger partial charge in [0.15, 0.2) is 0 Å². The minimum Gasteiger partial charge on any atom is -0.280 e. The van der Waals surface area contributed by atoms with Crippen molar-refractivity contribution in [2.45, 2.75) is 32.2 Å². The van der Waals surface area contributed by atoms with E-state index in [2.05, 4.69) is 108 Å². The molecule has 1 heterocycles. The van der Waals surface area contributed by atoms with Crippen molar-refractivity contribution in [1.82, 2.24) is 4.98 Å². The quantitative estimate of drug-likeness (QED) is 0.110. The average Bonchev–Trinajstić information content (AvgIpc) is 3.27. The number of allylic oxidation sites excluding steroid dienone is 15. The number of benzene rings is 3. The van der Waals surface area contributed by atoms with E-state index in [0.717, 1.165) is 51.2 Å². The van der Waals surface area contributed by atoms with E-state index >= 15 is 0 Å². The van der Waals surface area contributed by atoms with E-state index in [9.17, 15) is 0 Å². The third kappa shape index (κ3) is 6.84. The lowest BCUT2D eigenvalue weighted by atomic mass is 9.66. The molecule has 2 aliphatic carbocycles. The molecule has 0 saturated carbocycles. The van der Waals surface area contributed by atoms with Gasteiger partial charge in [0, 0.05) is 18.0 Å². The van der Waals surface area contributed by atoms with Crippen LogP contribution in [0.3, 0.4) is 0 Å². The van der Waals surface area contributed by atoms with Gasteiger partial charge in [0.2, 0.25) is 0 Å². The molecule has 1 atom stereocenters. The smallest absolute Gasteiger partial charge is 0.0722 e. The number of aromatic nitrogens is 1. The maximum Gasteiger partial charge on any atom is 0.0722 e. The average molecular weight is 662 g/mol. The highest BCUT2D eigenvalue weighted by Gasteiger charge is 2.47. The molecule has 1 unspecified atom stereocenters. The first-order valence-electron chi connectivity index (χ1n) is 17.3. The van der Waals surface area contributed by atoms with Gasteiger partial charge < -0.3 is 0 Å². The van der Waals surface area contributed by atoms with Crippen molar-refractivity contribution in [3.05, 3.63) is 222 Å². The first-order chi connectivity index (χ1) is 25.1. The molecular weight excluding hydrogens is 619 g/mol. The van der Waals surface area contributed by atoms with Crippen LogP contribution in [0.1, 0.15) is 48.1 Å². The molecule has 0 bridgehead atoms. The van der Waals surface area contributed by atoms with Crippen molar-refractivity contribution in [2.24, 2.45) is 9.98 Å². The maximum absolute atomic E-state index is 5.11.